The molecule has 17 heavy (non-hydrogen) atoms. The van der Waals surface area contributed by atoms with Crippen molar-refractivity contribution in [3.8, 4) is 0 Å². The predicted octanol–water partition coefficient (Wildman–Crippen LogP) is 0.219. The van der Waals surface area contributed by atoms with E-state index in [4.69, 9.17) is 10.9 Å². The first-order valence-corrected chi connectivity index (χ1v) is 5.25. The fourth-order valence-electron chi connectivity index (χ4n) is 1.44. The number of amides is 1. The number of amidine groups is 1. The van der Waals surface area contributed by atoms with Gasteiger partial charge in [-0.05, 0) is 12.8 Å². The maximum atomic E-state index is 11.9. The zero-order chi connectivity index (χ0) is 13.0. The predicted molar refractivity (Wildman–Crippen MR) is 62.8 cm³/mol. The minimum atomic E-state index is -0.512. The Balaban J connectivity index is 2.82. The number of carbonyl (C=O) groups is 1. The van der Waals surface area contributed by atoms with Crippen molar-refractivity contribution in [2.45, 2.75) is 26.8 Å². The number of nitrogens with two attached hydrogens (primary N) is 1. The van der Waals surface area contributed by atoms with Crippen LogP contribution in [0.25, 0.3) is 0 Å². The van der Waals surface area contributed by atoms with E-state index in [-0.39, 0.29) is 17.7 Å². The Kier molecular flexibility index (Phi) is 4.08. The Morgan fingerprint density at radius 2 is 2.29 bits per heavy atom. The van der Waals surface area contributed by atoms with Gasteiger partial charge in [-0.25, -0.2) is 0 Å². The van der Waals surface area contributed by atoms with E-state index < -0.39 is 6.04 Å². The average Bonchev–Trinajstić information content (AvgIpc) is 2.70. The van der Waals surface area contributed by atoms with Gasteiger partial charge in [-0.3, -0.25) is 9.89 Å². The number of oxime groups is 1. The maximum Gasteiger partial charge on any atom is 0.255 e. The number of carbonyl (C=O) groups excluding carboxylic acids is 1. The van der Waals surface area contributed by atoms with Gasteiger partial charge >= 0.3 is 0 Å². The van der Waals surface area contributed by atoms with Crippen molar-refractivity contribution >= 4 is 11.7 Å². The smallest absolute Gasteiger partial charge is 0.255 e. The van der Waals surface area contributed by atoms with Gasteiger partial charge in [-0.1, -0.05) is 19.0 Å². The highest BCUT2D eigenvalue weighted by Gasteiger charge is 2.22. The summed E-state index contributed by atoms with van der Waals surface area (Å²) in [5.74, 6) is -0.307. The lowest BCUT2D eigenvalue weighted by Gasteiger charge is -2.20. The molecule has 0 aromatic carbocycles. The Hall–Kier alpha value is -2.05. The Labute approximate surface area is 99.1 Å². The number of aryl methyl sites for hydroxylation is 1. The van der Waals surface area contributed by atoms with E-state index in [0.29, 0.717) is 11.3 Å². The van der Waals surface area contributed by atoms with Crippen LogP contribution < -0.4 is 11.1 Å². The highest BCUT2D eigenvalue weighted by atomic mass is 16.4. The zero-order valence-corrected chi connectivity index (χ0v) is 10.1. The number of nitrogens with one attached hydrogen (secondary N) is 2. The molecule has 7 heteroatoms. The molecule has 7 nitrogen and oxygen atoms in total. The van der Waals surface area contributed by atoms with Gasteiger partial charge in [0.2, 0.25) is 0 Å². The molecule has 0 aliphatic carbocycles. The summed E-state index contributed by atoms with van der Waals surface area (Å²) in [6, 6.07) is -0.512. The first-order valence-electron chi connectivity index (χ1n) is 5.25. The van der Waals surface area contributed by atoms with E-state index in [2.05, 4.69) is 20.7 Å². The van der Waals surface area contributed by atoms with Crippen molar-refractivity contribution in [2.75, 3.05) is 0 Å². The van der Waals surface area contributed by atoms with E-state index in [0.717, 1.165) is 0 Å². The van der Waals surface area contributed by atoms with Gasteiger partial charge < -0.3 is 16.3 Å². The molecule has 0 radical (unpaired) electrons. The molecule has 94 valence electrons. The van der Waals surface area contributed by atoms with Crippen LogP contribution in [-0.2, 0) is 0 Å². The fourth-order valence-corrected chi connectivity index (χ4v) is 1.44. The van der Waals surface area contributed by atoms with Crippen molar-refractivity contribution in [1.82, 2.24) is 15.5 Å². The van der Waals surface area contributed by atoms with Gasteiger partial charge in [0.05, 0.1) is 17.8 Å². The van der Waals surface area contributed by atoms with E-state index in [9.17, 15) is 4.79 Å². The molecule has 0 aliphatic heterocycles. The van der Waals surface area contributed by atoms with Gasteiger partial charge in [-0.2, -0.15) is 5.10 Å². The minimum Gasteiger partial charge on any atom is -0.409 e. The molecule has 0 spiro atoms. The third kappa shape index (κ3) is 2.96. The molecule has 1 aromatic rings. The van der Waals surface area contributed by atoms with E-state index in [1.807, 2.05) is 13.8 Å². The normalized spacial score (nSPS) is 13.8. The van der Waals surface area contributed by atoms with E-state index in [1.165, 1.54) is 6.20 Å². The van der Waals surface area contributed by atoms with E-state index in [1.54, 1.807) is 6.92 Å². The monoisotopic (exact) mass is 239 g/mol. The van der Waals surface area contributed by atoms with Crippen molar-refractivity contribution < 1.29 is 10.0 Å². The van der Waals surface area contributed by atoms with Gasteiger partial charge in [0.25, 0.3) is 5.91 Å². The summed E-state index contributed by atoms with van der Waals surface area (Å²) in [4.78, 5) is 11.9. The van der Waals surface area contributed by atoms with Crippen LogP contribution in [0.4, 0.5) is 0 Å². The van der Waals surface area contributed by atoms with Crippen molar-refractivity contribution in [2.24, 2.45) is 16.8 Å². The van der Waals surface area contributed by atoms with Gasteiger partial charge in [0.1, 0.15) is 0 Å². The number of H-pyrrole nitrogens is 1. The summed E-state index contributed by atoms with van der Waals surface area (Å²) >= 11 is 0. The molecule has 0 aliphatic rings. The van der Waals surface area contributed by atoms with Crippen molar-refractivity contribution in [1.29, 1.82) is 0 Å². The lowest BCUT2D eigenvalue weighted by Crippen LogP contribution is -2.47. The molecule has 0 saturated carbocycles. The molecular formula is C10H17N5O2. The van der Waals surface area contributed by atoms with Crippen LogP contribution in [0, 0.1) is 12.8 Å². The summed E-state index contributed by atoms with van der Waals surface area (Å²) in [5, 5.41) is 20.7. The molecule has 1 atom stereocenters. The number of aromatic amines is 1. The number of rotatable bonds is 4. The van der Waals surface area contributed by atoms with Crippen LogP contribution in [0.5, 0.6) is 0 Å². The molecule has 1 amide bonds. The maximum absolute atomic E-state index is 11.9. The van der Waals surface area contributed by atoms with Gasteiger partial charge in [0.15, 0.2) is 5.84 Å². The van der Waals surface area contributed by atoms with Crippen molar-refractivity contribution in [3.63, 3.8) is 0 Å². The molecule has 0 fully saturated rings. The first kappa shape index (κ1) is 13.0. The third-order valence-corrected chi connectivity index (χ3v) is 2.46. The second-order valence-corrected chi connectivity index (χ2v) is 4.13. The average molecular weight is 239 g/mol. The third-order valence-electron chi connectivity index (χ3n) is 2.46. The van der Waals surface area contributed by atoms with Crippen LogP contribution in [0.2, 0.25) is 0 Å². The van der Waals surface area contributed by atoms with Gasteiger partial charge in [-0.15, -0.1) is 0 Å². The zero-order valence-electron chi connectivity index (χ0n) is 10.1. The molecule has 1 aromatic heterocycles. The molecule has 1 rings (SSSR count). The number of hydrogen-bond acceptors (Lipinski definition) is 4. The number of nitrogens with zero attached hydrogens (tertiary/aromatic N) is 2. The molecular weight excluding hydrogens is 222 g/mol. The summed E-state index contributed by atoms with van der Waals surface area (Å²) in [7, 11) is 0. The number of hydrogen-bond donors (Lipinski definition) is 4. The summed E-state index contributed by atoms with van der Waals surface area (Å²) in [6.45, 7) is 5.48. The summed E-state index contributed by atoms with van der Waals surface area (Å²) < 4.78 is 0. The summed E-state index contributed by atoms with van der Waals surface area (Å²) in [5.41, 5.74) is 6.64. The molecule has 0 saturated heterocycles. The lowest BCUT2D eigenvalue weighted by molar-refractivity contribution is 0.0938. The largest absolute Gasteiger partial charge is 0.409 e. The number of aromatic nitrogens is 2. The molecule has 0 bridgehead atoms. The fraction of sp³-hybridized carbons (Fsp3) is 0.500. The Morgan fingerprint density at radius 3 is 2.71 bits per heavy atom. The highest BCUT2D eigenvalue weighted by molar-refractivity contribution is 5.98. The second-order valence-electron chi connectivity index (χ2n) is 4.13. The quantitative estimate of drug-likeness (QED) is 0.260. The van der Waals surface area contributed by atoms with Crippen LogP contribution in [0.15, 0.2) is 11.4 Å². The van der Waals surface area contributed by atoms with Crippen LogP contribution >= 0.6 is 0 Å². The highest BCUT2D eigenvalue weighted by Crippen LogP contribution is 2.06. The lowest BCUT2D eigenvalue weighted by atomic mass is 10.0. The Morgan fingerprint density at radius 1 is 1.65 bits per heavy atom. The molecule has 1 unspecified atom stereocenters. The molecule has 5 N–H and O–H groups in total. The second kappa shape index (κ2) is 5.33. The van der Waals surface area contributed by atoms with Crippen LogP contribution in [-0.4, -0.2) is 33.2 Å². The summed E-state index contributed by atoms with van der Waals surface area (Å²) in [6.07, 6.45) is 1.44. The van der Waals surface area contributed by atoms with Crippen molar-refractivity contribution in [3.05, 3.63) is 17.5 Å². The first-order chi connectivity index (χ1) is 7.97. The SMILES string of the molecule is Cc1[nH]ncc1C(=O)NC(C(N)=NO)C(C)C. The molecule has 1 heterocycles. The Bertz CT molecular complexity index is 424. The standard InChI is InChI=1S/C10H17N5O2/c1-5(2)8(9(11)15-17)13-10(16)7-4-12-14-6(7)3/h4-5,8,17H,1-3H3,(H2,11,15)(H,12,14)(H,13,16). The van der Waals surface area contributed by atoms with Crippen LogP contribution in [0.1, 0.15) is 29.9 Å². The minimum absolute atomic E-state index is 0.0158. The van der Waals surface area contributed by atoms with Gasteiger partial charge in [0, 0.05) is 5.69 Å². The topological polar surface area (TPSA) is 116 Å². The van der Waals surface area contributed by atoms with E-state index >= 15 is 0 Å². The van der Waals surface area contributed by atoms with Crippen LogP contribution in [0.3, 0.4) is 0 Å².